The second kappa shape index (κ2) is 8.01. The third kappa shape index (κ3) is 3.74. The number of carbonyl (C=O) groups is 1. The fourth-order valence-corrected chi connectivity index (χ4v) is 3.72. The van der Waals surface area contributed by atoms with E-state index in [9.17, 15) is 14.0 Å². The highest BCUT2D eigenvalue weighted by Crippen LogP contribution is 2.24. The molecule has 0 unspecified atom stereocenters. The molecule has 0 aliphatic carbocycles. The van der Waals surface area contributed by atoms with Crippen molar-refractivity contribution in [2.45, 2.75) is 6.92 Å². The molecule has 0 fully saturated rings. The first-order valence-corrected chi connectivity index (χ1v) is 10.1. The van der Waals surface area contributed by atoms with Crippen molar-refractivity contribution >= 4 is 50.0 Å². The molecular weight excluding hydrogens is 473 g/mol. The Hall–Kier alpha value is -3.03. The lowest BCUT2D eigenvalue weighted by Crippen LogP contribution is -2.22. The van der Waals surface area contributed by atoms with Crippen LogP contribution in [-0.2, 0) is 0 Å². The highest BCUT2D eigenvalue weighted by Gasteiger charge is 2.16. The van der Waals surface area contributed by atoms with Gasteiger partial charge in [0.25, 0.3) is 11.5 Å². The third-order valence-corrected chi connectivity index (χ3v) is 5.40. The summed E-state index contributed by atoms with van der Waals surface area (Å²) in [5, 5.41) is 3.20. The van der Waals surface area contributed by atoms with Gasteiger partial charge in [-0.25, -0.2) is 9.37 Å². The molecule has 1 heterocycles. The quantitative estimate of drug-likeness (QED) is 0.416. The van der Waals surface area contributed by atoms with E-state index in [1.54, 1.807) is 49.4 Å². The minimum Gasteiger partial charge on any atom is -0.319 e. The molecule has 4 rings (SSSR count). The van der Waals surface area contributed by atoms with E-state index in [2.05, 4.69) is 26.2 Å². The minimum absolute atomic E-state index is 0.0759. The number of hydrogen-bond donors (Lipinski definition) is 1. The van der Waals surface area contributed by atoms with E-state index in [0.717, 1.165) is 0 Å². The number of hydrogen-bond acceptors (Lipinski definition) is 3. The molecule has 1 amide bonds. The largest absolute Gasteiger partial charge is 0.319 e. The number of carbonyl (C=O) groups excluding carboxylic acids is 1. The van der Waals surface area contributed by atoms with Gasteiger partial charge in [-0.15, -0.1) is 0 Å². The number of halogens is 3. The zero-order valence-corrected chi connectivity index (χ0v) is 18.0. The van der Waals surface area contributed by atoms with Crippen LogP contribution < -0.4 is 10.9 Å². The van der Waals surface area contributed by atoms with Crippen molar-refractivity contribution in [1.29, 1.82) is 0 Å². The second-order valence-corrected chi connectivity index (χ2v) is 7.88. The molecule has 0 aliphatic heterocycles. The summed E-state index contributed by atoms with van der Waals surface area (Å²) in [7, 11) is 0. The van der Waals surface area contributed by atoms with Gasteiger partial charge < -0.3 is 5.32 Å². The number of amides is 1. The highest BCUT2D eigenvalue weighted by atomic mass is 79.9. The molecular formula is C22H14BrClFN3O2. The van der Waals surface area contributed by atoms with E-state index in [-0.39, 0.29) is 21.8 Å². The number of nitrogens with zero attached hydrogens (tertiary/aromatic N) is 2. The SMILES string of the molecule is Cc1nc2ccccc2c(=O)n1-c1ccc(F)c(NC(=O)c2cc(Br)ccc2Cl)c1. The zero-order valence-electron chi connectivity index (χ0n) is 15.6. The average molecular weight is 487 g/mol. The predicted molar refractivity (Wildman–Crippen MR) is 119 cm³/mol. The van der Waals surface area contributed by atoms with Crippen molar-refractivity contribution in [2.24, 2.45) is 0 Å². The first kappa shape index (κ1) is 20.3. The Bertz CT molecular complexity index is 1370. The Morgan fingerprint density at radius 1 is 1.13 bits per heavy atom. The summed E-state index contributed by atoms with van der Waals surface area (Å²) in [6.07, 6.45) is 0. The lowest BCUT2D eigenvalue weighted by atomic mass is 10.2. The molecule has 0 radical (unpaired) electrons. The van der Waals surface area contributed by atoms with E-state index in [0.29, 0.717) is 26.9 Å². The van der Waals surface area contributed by atoms with Crippen LogP contribution in [0.5, 0.6) is 0 Å². The summed E-state index contributed by atoms with van der Waals surface area (Å²) < 4.78 is 16.5. The van der Waals surface area contributed by atoms with E-state index >= 15 is 0 Å². The van der Waals surface area contributed by atoms with Crippen molar-refractivity contribution in [1.82, 2.24) is 9.55 Å². The molecule has 0 spiro atoms. The first-order chi connectivity index (χ1) is 14.3. The number of fused-ring (bicyclic) bond motifs is 1. The summed E-state index contributed by atoms with van der Waals surface area (Å²) in [6, 6.07) is 15.8. The summed E-state index contributed by atoms with van der Waals surface area (Å²) in [5.41, 5.74) is 0.797. The monoisotopic (exact) mass is 485 g/mol. The maximum Gasteiger partial charge on any atom is 0.265 e. The lowest BCUT2D eigenvalue weighted by molar-refractivity contribution is 0.102. The molecule has 30 heavy (non-hydrogen) atoms. The molecule has 150 valence electrons. The van der Waals surface area contributed by atoms with E-state index in [4.69, 9.17) is 11.6 Å². The zero-order chi connectivity index (χ0) is 21.4. The molecule has 1 N–H and O–H groups in total. The molecule has 0 bridgehead atoms. The van der Waals surface area contributed by atoms with Crippen LogP contribution in [0.3, 0.4) is 0 Å². The number of rotatable bonds is 3. The number of aromatic nitrogens is 2. The molecule has 0 saturated carbocycles. The van der Waals surface area contributed by atoms with Crippen molar-refractivity contribution in [3.05, 3.63) is 97.7 Å². The van der Waals surface area contributed by atoms with E-state index in [1.807, 2.05) is 0 Å². The van der Waals surface area contributed by atoms with Crippen molar-refractivity contribution < 1.29 is 9.18 Å². The van der Waals surface area contributed by atoms with Crippen LogP contribution in [-0.4, -0.2) is 15.5 Å². The first-order valence-electron chi connectivity index (χ1n) is 8.90. The lowest BCUT2D eigenvalue weighted by Gasteiger charge is -2.14. The van der Waals surface area contributed by atoms with Crippen LogP contribution in [0.25, 0.3) is 16.6 Å². The number of benzene rings is 3. The normalized spacial score (nSPS) is 10.9. The van der Waals surface area contributed by atoms with E-state index < -0.39 is 11.7 Å². The fraction of sp³-hybridized carbons (Fsp3) is 0.0455. The number of nitrogens with one attached hydrogen (secondary N) is 1. The van der Waals surface area contributed by atoms with Crippen LogP contribution in [0.15, 0.2) is 69.9 Å². The molecule has 3 aromatic carbocycles. The number of aryl methyl sites for hydroxylation is 1. The van der Waals surface area contributed by atoms with Gasteiger partial charge in [-0.05, 0) is 55.5 Å². The Balaban J connectivity index is 1.78. The molecule has 1 aromatic heterocycles. The van der Waals surface area contributed by atoms with Crippen LogP contribution >= 0.6 is 27.5 Å². The molecule has 8 heteroatoms. The van der Waals surface area contributed by atoms with E-state index in [1.165, 1.54) is 22.8 Å². The van der Waals surface area contributed by atoms with Crippen LogP contribution in [0, 0.1) is 12.7 Å². The predicted octanol–water partition coefficient (Wildman–Crippen LogP) is 5.50. The van der Waals surface area contributed by atoms with Gasteiger partial charge in [-0.2, -0.15) is 0 Å². The molecule has 0 aliphatic rings. The Labute approximate surface area is 184 Å². The topological polar surface area (TPSA) is 64.0 Å². The maximum atomic E-state index is 14.4. The molecule has 0 saturated heterocycles. The number of anilines is 1. The van der Waals surface area contributed by atoms with Crippen molar-refractivity contribution in [2.75, 3.05) is 5.32 Å². The van der Waals surface area contributed by atoms with Gasteiger partial charge in [0.1, 0.15) is 11.6 Å². The van der Waals surface area contributed by atoms with Gasteiger partial charge in [0.05, 0.1) is 32.9 Å². The smallest absolute Gasteiger partial charge is 0.265 e. The van der Waals surface area contributed by atoms with Gasteiger partial charge in [0.15, 0.2) is 0 Å². The van der Waals surface area contributed by atoms with Crippen LogP contribution in [0.2, 0.25) is 5.02 Å². The van der Waals surface area contributed by atoms with Crippen molar-refractivity contribution in [3.8, 4) is 5.69 Å². The Morgan fingerprint density at radius 3 is 2.70 bits per heavy atom. The summed E-state index contributed by atoms with van der Waals surface area (Å²) >= 11 is 9.38. The van der Waals surface area contributed by atoms with Crippen molar-refractivity contribution in [3.63, 3.8) is 0 Å². The summed E-state index contributed by atoms with van der Waals surface area (Å²) in [4.78, 5) is 30.1. The maximum absolute atomic E-state index is 14.4. The standard InChI is InChI=1S/C22H14BrClFN3O2/c1-12-26-19-5-3-2-4-15(19)22(30)28(12)14-7-9-18(25)20(11-14)27-21(29)16-10-13(23)6-8-17(16)24/h2-11H,1H3,(H,27,29). The number of para-hydroxylation sites is 1. The van der Waals surface area contributed by atoms with Gasteiger partial charge in [-0.1, -0.05) is 39.7 Å². The summed E-state index contributed by atoms with van der Waals surface area (Å²) in [5.74, 6) is -0.770. The Morgan fingerprint density at radius 2 is 1.90 bits per heavy atom. The molecule has 5 nitrogen and oxygen atoms in total. The molecule has 0 atom stereocenters. The van der Waals surface area contributed by atoms with Gasteiger partial charge in [0.2, 0.25) is 0 Å². The van der Waals surface area contributed by atoms with Crippen LogP contribution in [0.1, 0.15) is 16.2 Å². The van der Waals surface area contributed by atoms with Crippen LogP contribution in [0.4, 0.5) is 10.1 Å². The average Bonchev–Trinajstić information content (AvgIpc) is 2.72. The van der Waals surface area contributed by atoms with Gasteiger partial charge >= 0.3 is 0 Å². The Kier molecular flexibility index (Phi) is 5.40. The minimum atomic E-state index is -0.641. The second-order valence-electron chi connectivity index (χ2n) is 6.56. The summed E-state index contributed by atoms with van der Waals surface area (Å²) in [6.45, 7) is 1.69. The highest BCUT2D eigenvalue weighted by molar-refractivity contribution is 9.10. The third-order valence-electron chi connectivity index (χ3n) is 4.57. The van der Waals surface area contributed by atoms with Gasteiger partial charge in [-0.3, -0.25) is 14.2 Å². The fourth-order valence-electron chi connectivity index (χ4n) is 3.16. The molecule has 4 aromatic rings. The van der Waals surface area contributed by atoms with Gasteiger partial charge in [0, 0.05) is 4.47 Å².